The van der Waals surface area contributed by atoms with E-state index >= 15 is 0 Å². The molecule has 1 N–H and O–H groups in total. The first-order chi connectivity index (χ1) is 17.6. The van der Waals surface area contributed by atoms with Gasteiger partial charge in [0, 0.05) is 41.6 Å². The lowest BCUT2D eigenvalue weighted by atomic mass is 10.0. The lowest BCUT2D eigenvalue weighted by Gasteiger charge is -2.33. The molecule has 198 valence electrons. The zero-order chi connectivity index (χ0) is 26.7. The van der Waals surface area contributed by atoms with E-state index in [2.05, 4.69) is 10.2 Å². The molecule has 0 unspecified atom stereocenters. The van der Waals surface area contributed by atoms with Gasteiger partial charge in [0.25, 0.3) is 0 Å². The first-order valence-electron chi connectivity index (χ1n) is 11.9. The fourth-order valence-electron chi connectivity index (χ4n) is 4.23. The highest BCUT2D eigenvalue weighted by atomic mass is 35.5. The summed E-state index contributed by atoms with van der Waals surface area (Å²) in [5.74, 6) is 0.752. The van der Waals surface area contributed by atoms with Crippen LogP contribution in [-0.2, 0) is 26.1 Å². The molecule has 1 aromatic heterocycles. The minimum absolute atomic E-state index is 0.0194. The molecule has 0 radical (unpaired) electrons. The number of sulfonamides is 1. The molecule has 0 saturated carbocycles. The van der Waals surface area contributed by atoms with Crippen molar-refractivity contribution in [2.75, 3.05) is 38.6 Å². The first kappa shape index (κ1) is 27.5. The van der Waals surface area contributed by atoms with Crippen molar-refractivity contribution in [1.82, 2.24) is 19.2 Å². The number of hydrogen-bond acceptors (Lipinski definition) is 8. The Balaban J connectivity index is 1.51. The average Bonchev–Trinajstić information content (AvgIpc) is 2.86. The molecule has 1 saturated heterocycles. The Morgan fingerprint density at radius 2 is 1.70 bits per heavy atom. The Kier molecular flexibility index (Phi) is 8.55. The Bertz CT molecular complexity index is 1370. The van der Waals surface area contributed by atoms with Crippen LogP contribution in [0.25, 0.3) is 10.9 Å². The summed E-state index contributed by atoms with van der Waals surface area (Å²) >= 11 is 12.0. The molecule has 2 aromatic carbocycles. The molecule has 0 aliphatic carbocycles. The Hall–Kier alpha value is -2.50. The van der Waals surface area contributed by atoms with E-state index in [1.54, 1.807) is 0 Å². The number of fused-ring (bicyclic) bond motifs is 1. The summed E-state index contributed by atoms with van der Waals surface area (Å²) in [6.45, 7) is 5.92. The summed E-state index contributed by atoms with van der Waals surface area (Å²) in [5, 5.41) is 4.60. The van der Waals surface area contributed by atoms with E-state index in [0.717, 1.165) is 10.9 Å². The molecule has 0 amide bonds. The van der Waals surface area contributed by atoms with Crippen molar-refractivity contribution in [2.24, 2.45) is 5.92 Å². The van der Waals surface area contributed by atoms with Crippen LogP contribution in [0.4, 0.5) is 5.82 Å². The number of methoxy groups -OCH3 is 1. The van der Waals surface area contributed by atoms with Gasteiger partial charge in [0.2, 0.25) is 10.0 Å². The van der Waals surface area contributed by atoms with E-state index in [1.165, 1.54) is 29.6 Å². The molecular formula is C25H29Cl2N5O4S. The predicted molar refractivity (Wildman–Crippen MR) is 144 cm³/mol. The first-order valence-corrected chi connectivity index (χ1v) is 14.1. The maximum atomic E-state index is 13.1. The van der Waals surface area contributed by atoms with Crippen LogP contribution < -0.4 is 5.32 Å². The van der Waals surface area contributed by atoms with Crippen LogP contribution in [-0.4, -0.2) is 72.9 Å². The molecule has 4 rings (SSSR count). The summed E-state index contributed by atoms with van der Waals surface area (Å²) in [4.78, 5) is 24.0. The quantitative estimate of drug-likeness (QED) is 0.408. The standard InChI is InChI=1S/C25H29Cl2N5O4S/c1-16(2)23(25(33)36-3)30-24-20-6-4-5-7-21(20)28-22(29-24)15-31-8-10-32(11-9-31)37(34,35)19-13-17(26)12-18(27)14-19/h4-7,12-14,16,23H,8-11,15H2,1-3H3,(H,28,29,30)/t23-/m0/s1. The summed E-state index contributed by atoms with van der Waals surface area (Å²) in [6.07, 6.45) is 0. The average molecular weight is 567 g/mol. The normalized spacial score (nSPS) is 16.2. The molecule has 0 spiro atoms. The molecular weight excluding hydrogens is 537 g/mol. The third-order valence-electron chi connectivity index (χ3n) is 6.23. The van der Waals surface area contributed by atoms with Gasteiger partial charge in [-0.2, -0.15) is 4.31 Å². The van der Waals surface area contributed by atoms with Crippen molar-refractivity contribution < 1.29 is 17.9 Å². The van der Waals surface area contributed by atoms with Gasteiger partial charge < -0.3 is 10.1 Å². The number of anilines is 1. The van der Waals surface area contributed by atoms with Crippen molar-refractivity contribution in [2.45, 2.75) is 31.3 Å². The van der Waals surface area contributed by atoms with E-state index in [9.17, 15) is 13.2 Å². The predicted octanol–water partition coefficient (Wildman–Crippen LogP) is 4.05. The van der Waals surface area contributed by atoms with Crippen LogP contribution in [0.2, 0.25) is 10.0 Å². The van der Waals surface area contributed by atoms with Gasteiger partial charge in [-0.15, -0.1) is 0 Å². The maximum absolute atomic E-state index is 13.1. The van der Waals surface area contributed by atoms with Crippen molar-refractivity contribution in [3.63, 3.8) is 0 Å². The number of para-hydroxylation sites is 1. The fraction of sp³-hybridized carbons (Fsp3) is 0.400. The van der Waals surface area contributed by atoms with Crippen molar-refractivity contribution >= 4 is 55.9 Å². The molecule has 1 atom stereocenters. The van der Waals surface area contributed by atoms with E-state index in [1.807, 2.05) is 38.1 Å². The van der Waals surface area contributed by atoms with Gasteiger partial charge in [0.15, 0.2) is 0 Å². The van der Waals surface area contributed by atoms with Crippen molar-refractivity contribution in [3.05, 3.63) is 58.3 Å². The summed E-state index contributed by atoms with van der Waals surface area (Å²) in [7, 11) is -2.35. The SMILES string of the molecule is COC(=O)[C@@H](Nc1nc(CN2CCN(S(=O)(=O)c3cc(Cl)cc(Cl)c3)CC2)nc2ccccc12)C(C)C. The maximum Gasteiger partial charge on any atom is 0.328 e. The van der Waals surface area contributed by atoms with Crippen LogP contribution in [0.15, 0.2) is 47.4 Å². The molecule has 9 nitrogen and oxygen atoms in total. The lowest BCUT2D eigenvalue weighted by Crippen LogP contribution is -2.48. The van der Waals surface area contributed by atoms with Crippen LogP contribution >= 0.6 is 23.2 Å². The van der Waals surface area contributed by atoms with Gasteiger partial charge in [0.05, 0.1) is 24.1 Å². The largest absolute Gasteiger partial charge is 0.467 e. The van der Waals surface area contributed by atoms with Crippen LogP contribution in [0.1, 0.15) is 19.7 Å². The van der Waals surface area contributed by atoms with E-state index in [4.69, 9.17) is 37.9 Å². The van der Waals surface area contributed by atoms with Crippen LogP contribution in [0.5, 0.6) is 0 Å². The number of esters is 1. The molecule has 1 aliphatic rings. The third-order valence-corrected chi connectivity index (χ3v) is 8.55. The van der Waals surface area contributed by atoms with Crippen LogP contribution in [0, 0.1) is 5.92 Å². The summed E-state index contributed by atoms with van der Waals surface area (Å²) < 4.78 is 32.6. The second kappa shape index (κ2) is 11.5. The van der Waals surface area contributed by atoms with E-state index in [-0.39, 0.29) is 26.8 Å². The van der Waals surface area contributed by atoms with Crippen molar-refractivity contribution in [3.8, 4) is 0 Å². The molecule has 1 fully saturated rings. The molecule has 12 heteroatoms. The number of benzene rings is 2. The van der Waals surface area contributed by atoms with Gasteiger partial charge in [-0.1, -0.05) is 49.2 Å². The van der Waals surface area contributed by atoms with Crippen molar-refractivity contribution in [1.29, 1.82) is 0 Å². The zero-order valence-corrected chi connectivity index (χ0v) is 23.1. The fourth-order valence-corrected chi connectivity index (χ4v) is 6.38. The number of carbonyl (C=O) groups is 1. The number of ether oxygens (including phenoxy) is 1. The van der Waals surface area contributed by atoms with Gasteiger partial charge in [0.1, 0.15) is 17.7 Å². The number of rotatable bonds is 8. The highest BCUT2D eigenvalue weighted by molar-refractivity contribution is 7.89. The minimum atomic E-state index is -3.72. The zero-order valence-electron chi connectivity index (χ0n) is 20.8. The number of nitrogens with one attached hydrogen (secondary N) is 1. The topological polar surface area (TPSA) is 105 Å². The van der Waals surface area contributed by atoms with E-state index in [0.29, 0.717) is 44.4 Å². The summed E-state index contributed by atoms with van der Waals surface area (Å²) in [6, 6.07) is 11.3. The number of aromatic nitrogens is 2. The van der Waals surface area contributed by atoms with E-state index < -0.39 is 16.1 Å². The monoisotopic (exact) mass is 565 g/mol. The Morgan fingerprint density at radius 1 is 1.05 bits per heavy atom. The number of nitrogens with zero attached hydrogens (tertiary/aromatic N) is 4. The van der Waals surface area contributed by atoms with Gasteiger partial charge in [-0.05, 0) is 36.2 Å². The molecule has 1 aliphatic heterocycles. The molecule has 2 heterocycles. The van der Waals surface area contributed by atoms with Crippen LogP contribution in [0.3, 0.4) is 0 Å². The minimum Gasteiger partial charge on any atom is -0.467 e. The Morgan fingerprint density at radius 3 is 2.32 bits per heavy atom. The van der Waals surface area contributed by atoms with Gasteiger partial charge in [-0.3, -0.25) is 4.90 Å². The second-order valence-electron chi connectivity index (χ2n) is 9.18. The van der Waals surface area contributed by atoms with Gasteiger partial charge >= 0.3 is 5.97 Å². The number of carbonyl (C=O) groups excluding carboxylic acids is 1. The Labute approximate surface area is 226 Å². The second-order valence-corrected chi connectivity index (χ2v) is 12.0. The number of halogens is 2. The number of hydrogen-bond donors (Lipinski definition) is 1. The van der Waals surface area contributed by atoms with Gasteiger partial charge in [-0.25, -0.2) is 23.2 Å². The highest BCUT2D eigenvalue weighted by Gasteiger charge is 2.30. The highest BCUT2D eigenvalue weighted by Crippen LogP contribution is 2.26. The third kappa shape index (κ3) is 6.32. The molecule has 3 aromatic rings. The summed E-state index contributed by atoms with van der Waals surface area (Å²) in [5.41, 5.74) is 0.751. The molecule has 37 heavy (non-hydrogen) atoms. The molecule has 0 bridgehead atoms. The smallest absolute Gasteiger partial charge is 0.328 e. The lowest BCUT2D eigenvalue weighted by molar-refractivity contribution is -0.142. The number of piperazine rings is 1.